The molecule has 0 spiro atoms. The van der Waals surface area contributed by atoms with Crippen LogP contribution in [0.15, 0.2) is 18.2 Å². The van der Waals surface area contributed by atoms with Gasteiger partial charge >= 0.3 is 0 Å². The lowest BCUT2D eigenvalue weighted by atomic mass is 10.2. The largest absolute Gasteiger partial charge is 0.504 e. The molecule has 0 atom stereocenters. The van der Waals surface area contributed by atoms with E-state index in [1.54, 1.807) is 12.1 Å². The number of aromatic hydroxyl groups is 2. The van der Waals surface area contributed by atoms with E-state index in [-0.39, 0.29) is 23.8 Å². The number of hydrogen-bond donors (Lipinski definition) is 4. The number of para-hydroxylation sites is 1. The van der Waals surface area contributed by atoms with Crippen molar-refractivity contribution >= 4 is 5.91 Å². The summed E-state index contributed by atoms with van der Waals surface area (Å²) in [7, 11) is 0. The summed E-state index contributed by atoms with van der Waals surface area (Å²) in [5.74, 6) is -0.657. The highest BCUT2D eigenvalue weighted by Crippen LogP contribution is 2.27. The Morgan fingerprint density at radius 1 is 1.40 bits per heavy atom. The van der Waals surface area contributed by atoms with Crippen LogP contribution in [0.5, 0.6) is 11.5 Å². The molecule has 0 saturated carbocycles. The summed E-state index contributed by atoms with van der Waals surface area (Å²) in [6.07, 6.45) is 0.250. The van der Waals surface area contributed by atoms with Gasteiger partial charge in [-0.2, -0.15) is 0 Å². The lowest BCUT2D eigenvalue weighted by Crippen LogP contribution is -2.21. The maximum absolute atomic E-state index is 10.4. The van der Waals surface area contributed by atoms with Crippen LogP contribution < -0.4 is 11.1 Å². The standard InChI is InChI=1S/C10H14N2O3/c11-9(14)4-5-12-6-7-2-1-3-8(13)10(7)15/h1-3,12-13,15H,4-6H2,(H2,11,14). The molecule has 0 saturated heterocycles. The van der Waals surface area contributed by atoms with Gasteiger partial charge in [0.1, 0.15) is 0 Å². The molecule has 5 nitrogen and oxygen atoms in total. The maximum atomic E-state index is 10.4. The molecule has 0 aromatic heterocycles. The minimum atomic E-state index is -0.373. The number of carbonyl (C=O) groups excluding carboxylic acids is 1. The molecule has 5 N–H and O–H groups in total. The maximum Gasteiger partial charge on any atom is 0.218 e. The second-order valence-corrected chi connectivity index (χ2v) is 3.18. The van der Waals surface area contributed by atoms with Crippen molar-refractivity contribution in [1.29, 1.82) is 0 Å². The molecule has 0 aliphatic heterocycles. The number of benzene rings is 1. The van der Waals surface area contributed by atoms with Gasteiger partial charge in [0.05, 0.1) is 0 Å². The molecular weight excluding hydrogens is 196 g/mol. The normalized spacial score (nSPS) is 10.1. The van der Waals surface area contributed by atoms with Gasteiger partial charge in [-0.1, -0.05) is 12.1 Å². The van der Waals surface area contributed by atoms with E-state index in [0.29, 0.717) is 18.7 Å². The predicted octanol–water partition coefficient (Wildman–Crippen LogP) is 0.0628. The first-order chi connectivity index (χ1) is 7.11. The number of phenolic OH excluding ortho intramolecular Hbond substituents is 2. The summed E-state index contributed by atoms with van der Waals surface area (Å²) in [5, 5.41) is 21.5. The van der Waals surface area contributed by atoms with E-state index in [1.165, 1.54) is 6.07 Å². The van der Waals surface area contributed by atoms with E-state index in [0.717, 1.165) is 0 Å². The second kappa shape index (κ2) is 5.21. The van der Waals surface area contributed by atoms with E-state index in [1.807, 2.05) is 0 Å². The highest BCUT2D eigenvalue weighted by molar-refractivity contribution is 5.73. The van der Waals surface area contributed by atoms with Crippen molar-refractivity contribution < 1.29 is 15.0 Å². The molecule has 0 radical (unpaired) electrons. The fourth-order valence-electron chi connectivity index (χ4n) is 1.16. The minimum absolute atomic E-state index is 0.135. The molecule has 0 aliphatic rings. The highest BCUT2D eigenvalue weighted by Gasteiger charge is 2.04. The summed E-state index contributed by atoms with van der Waals surface area (Å²) in [5.41, 5.74) is 5.54. The Balaban J connectivity index is 2.44. The summed E-state index contributed by atoms with van der Waals surface area (Å²) < 4.78 is 0. The first-order valence-electron chi connectivity index (χ1n) is 4.60. The number of phenols is 2. The molecular formula is C10H14N2O3. The number of amides is 1. The molecule has 1 amide bonds. The molecule has 1 aromatic rings. The SMILES string of the molecule is NC(=O)CCNCc1cccc(O)c1O. The van der Waals surface area contributed by atoms with E-state index in [4.69, 9.17) is 5.73 Å². The monoisotopic (exact) mass is 210 g/mol. The van der Waals surface area contributed by atoms with Crippen molar-refractivity contribution in [3.8, 4) is 11.5 Å². The highest BCUT2D eigenvalue weighted by atomic mass is 16.3. The lowest BCUT2D eigenvalue weighted by Gasteiger charge is -2.06. The van der Waals surface area contributed by atoms with Crippen LogP contribution in [0.3, 0.4) is 0 Å². The molecule has 0 fully saturated rings. The Morgan fingerprint density at radius 2 is 2.13 bits per heavy atom. The lowest BCUT2D eigenvalue weighted by molar-refractivity contribution is -0.117. The Kier molecular flexibility index (Phi) is 3.93. The Bertz CT molecular complexity index is 353. The van der Waals surface area contributed by atoms with Crippen LogP contribution in [-0.4, -0.2) is 22.7 Å². The van der Waals surface area contributed by atoms with Crippen LogP contribution in [0.4, 0.5) is 0 Å². The number of nitrogens with one attached hydrogen (secondary N) is 1. The Labute approximate surface area is 87.5 Å². The van der Waals surface area contributed by atoms with Gasteiger partial charge in [0.25, 0.3) is 0 Å². The van der Waals surface area contributed by atoms with E-state index in [2.05, 4.69) is 5.32 Å². The Hall–Kier alpha value is -1.75. The fraction of sp³-hybridized carbons (Fsp3) is 0.300. The van der Waals surface area contributed by atoms with Crippen LogP contribution in [-0.2, 0) is 11.3 Å². The van der Waals surface area contributed by atoms with Gasteiger partial charge in [-0.3, -0.25) is 4.79 Å². The zero-order valence-corrected chi connectivity index (χ0v) is 8.23. The summed E-state index contributed by atoms with van der Waals surface area (Å²) in [6, 6.07) is 4.73. The third-order valence-electron chi connectivity index (χ3n) is 1.96. The third-order valence-corrected chi connectivity index (χ3v) is 1.96. The van der Waals surface area contributed by atoms with Gasteiger partial charge in [0.15, 0.2) is 11.5 Å². The van der Waals surface area contributed by atoms with Gasteiger partial charge in [0, 0.05) is 25.1 Å². The molecule has 0 unspecified atom stereocenters. The van der Waals surface area contributed by atoms with Crippen molar-refractivity contribution in [2.45, 2.75) is 13.0 Å². The van der Waals surface area contributed by atoms with Crippen molar-refractivity contribution in [2.75, 3.05) is 6.54 Å². The number of rotatable bonds is 5. The molecule has 1 rings (SSSR count). The summed E-state index contributed by atoms with van der Waals surface area (Å²) >= 11 is 0. The second-order valence-electron chi connectivity index (χ2n) is 3.18. The van der Waals surface area contributed by atoms with E-state index in [9.17, 15) is 15.0 Å². The van der Waals surface area contributed by atoms with Gasteiger partial charge in [-0.05, 0) is 6.07 Å². The summed E-state index contributed by atoms with van der Waals surface area (Å²) in [6.45, 7) is 0.831. The van der Waals surface area contributed by atoms with Crippen molar-refractivity contribution in [2.24, 2.45) is 5.73 Å². The summed E-state index contributed by atoms with van der Waals surface area (Å²) in [4.78, 5) is 10.4. The smallest absolute Gasteiger partial charge is 0.218 e. The minimum Gasteiger partial charge on any atom is -0.504 e. The molecule has 0 aliphatic carbocycles. The fourth-order valence-corrected chi connectivity index (χ4v) is 1.16. The number of hydrogen-bond acceptors (Lipinski definition) is 4. The molecule has 0 bridgehead atoms. The average Bonchev–Trinajstić information content (AvgIpc) is 2.18. The van der Waals surface area contributed by atoms with Crippen LogP contribution >= 0.6 is 0 Å². The predicted molar refractivity (Wildman–Crippen MR) is 55.3 cm³/mol. The molecule has 1 aromatic carbocycles. The van der Waals surface area contributed by atoms with Crippen LogP contribution in [0, 0.1) is 0 Å². The van der Waals surface area contributed by atoms with Crippen molar-refractivity contribution in [3.63, 3.8) is 0 Å². The van der Waals surface area contributed by atoms with Gasteiger partial charge in [-0.15, -0.1) is 0 Å². The van der Waals surface area contributed by atoms with Gasteiger partial charge < -0.3 is 21.3 Å². The first-order valence-corrected chi connectivity index (χ1v) is 4.60. The van der Waals surface area contributed by atoms with Crippen LogP contribution in [0.2, 0.25) is 0 Å². The van der Waals surface area contributed by atoms with Gasteiger partial charge in [-0.25, -0.2) is 0 Å². The van der Waals surface area contributed by atoms with Crippen molar-refractivity contribution in [1.82, 2.24) is 5.32 Å². The zero-order chi connectivity index (χ0) is 11.3. The molecule has 82 valence electrons. The van der Waals surface area contributed by atoms with Crippen LogP contribution in [0.1, 0.15) is 12.0 Å². The number of nitrogens with two attached hydrogens (primary N) is 1. The number of primary amides is 1. The molecule has 0 heterocycles. The third kappa shape index (κ3) is 3.47. The molecule has 15 heavy (non-hydrogen) atoms. The topological polar surface area (TPSA) is 95.6 Å². The van der Waals surface area contributed by atoms with Crippen LogP contribution in [0.25, 0.3) is 0 Å². The average molecular weight is 210 g/mol. The Morgan fingerprint density at radius 3 is 2.80 bits per heavy atom. The molecule has 5 heteroatoms. The zero-order valence-electron chi connectivity index (χ0n) is 8.23. The van der Waals surface area contributed by atoms with E-state index >= 15 is 0 Å². The van der Waals surface area contributed by atoms with E-state index < -0.39 is 0 Å². The van der Waals surface area contributed by atoms with Crippen molar-refractivity contribution in [3.05, 3.63) is 23.8 Å². The first kappa shape index (κ1) is 11.3. The van der Waals surface area contributed by atoms with Gasteiger partial charge in [0.2, 0.25) is 5.91 Å². The quantitative estimate of drug-likeness (QED) is 0.408. The number of carbonyl (C=O) groups is 1.